The van der Waals surface area contributed by atoms with E-state index in [0.717, 1.165) is 34.6 Å². The van der Waals surface area contributed by atoms with Crippen LogP contribution in [0, 0.1) is 6.92 Å². The fourth-order valence-electron chi connectivity index (χ4n) is 4.14. The third-order valence-corrected chi connectivity index (χ3v) is 5.78. The number of ether oxygens (including phenoxy) is 1. The molecule has 0 aliphatic carbocycles. The van der Waals surface area contributed by atoms with Crippen LogP contribution in [0.25, 0.3) is 5.70 Å². The lowest BCUT2D eigenvalue weighted by Crippen LogP contribution is -2.43. The molecule has 0 bridgehead atoms. The number of carbonyl (C=O) groups excluding carboxylic acids is 2. The topological polar surface area (TPSA) is 67.4 Å². The zero-order valence-electron chi connectivity index (χ0n) is 19.4. The smallest absolute Gasteiger partial charge is 0.255 e. The molecule has 0 unspecified atom stereocenters. The maximum Gasteiger partial charge on any atom is 0.255 e. The number of hydrogen-bond donors (Lipinski definition) is 2. The van der Waals surface area contributed by atoms with E-state index in [0.29, 0.717) is 16.8 Å². The average Bonchev–Trinajstić information content (AvgIpc) is 2.78. The lowest BCUT2D eigenvalue weighted by molar-refractivity contribution is 0.102. The Balaban J connectivity index is 1.62. The van der Waals surface area contributed by atoms with Crippen molar-refractivity contribution in [2.45, 2.75) is 32.7 Å². The van der Waals surface area contributed by atoms with Gasteiger partial charge in [-0.1, -0.05) is 36.4 Å². The first-order valence-electron chi connectivity index (χ1n) is 10.9. The fourth-order valence-corrected chi connectivity index (χ4v) is 4.14. The molecular weight excluding hydrogens is 412 g/mol. The van der Waals surface area contributed by atoms with Gasteiger partial charge in [0, 0.05) is 39.7 Å². The summed E-state index contributed by atoms with van der Waals surface area (Å²) in [5.74, 6) is 0.401. The van der Waals surface area contributed by atoms with E-state index in [2.05, 4.69) is 30.5 Å². The summed E-state index contributed by atoms with van der Waals surface area (Å²) in [6, 6.07) is 20.4. The Hall–Kier alpha value is -3.86. The van der Waals surface area contributed by atoms with Crippen LogP contribution in [0.1, 0.15) is 51.3 Å². The molecule has 1 aliphatic heterocycles. The number of methoxy groups -OCH3 is 1. The highest BCUT2D eigenvalue weighted by Crippen LogP contribution is 2.32. The van der Waals surface area contributed by atoms with Gasteiger partial charge in [0.05, 0.1) is 7.11 Å². The number of allylic oxidation sites excluding steroid dienone is 1. The lowest BCUT2D eigenvalue weighted by atomic mass is 9.85. The standard InChI is InChI=1S/C28H28N2O3/c1-18-8-5-6-11-23(18)27(32)29-21-10-7-9-19(14-21)26(31)16-25-24-15-22(33-4)13-12-20(24)17-28(2,3)30-25/h5-16,30H,17H2,1-4H3,(H,29,32). The first kappa shape index (κ1) is 22.3. The van der Waals surface area contributed by atoms with Crippen LogP contribution in [0.15, 0.2) is 72.8 Å². The van der Waals surface area contributed by atoms with Gasteiger partial charge in [0.15, 0.2) is 5.78 Å². The molecule has 2 N–H and O–H groups in total. The summed E-state index contributed by atoms with van der Waals surface area (Å²) in [5, 5.41) is 6.39. The van der Waals surface area contributed by atoms with Crippen molar-refractivity contribution in [3.8, 4) is 5.75 Å². The Labute approximate surface area is 194 Å². The first-order valence-corrected chi connectivity index (χ1v) is 10.9. The summed E-state index contributed by atoms with van der Waals surface area (Å²) in [5.41, 5.74) is 5.29. The SMILES string of the molecule is COc1ccc2c(c1)C(=CC(=O)c1cccc(NC(=O)c3ccccc3C)c1)NC(C)(C)C2. The molecule has 0 aromatic heterocycles. The van der Waals surface area contributed by atoms with Crippen molar-refractivity contribution >= 4 is 23.1 Å². The van der Waals surface area contributed by atoms with Crippen molar-refractivity contribution < 1.29 is 14.3 Å². The first-order chi connectivity index (χ1) is 15.8. The Morgan fingerprint density at radius 3 is 2.58 bits per heavy atom. The van der Waals surface area contributed by atoms with Gasteiger partial charge < -0.3 is 15.4 Å². The summed E-state index contributed by atoms with van der Waals surface area (Å²) < 4.78 is 5.39. The van der Waals surface area contributed by atoms with Crippen LogP contribution in [0.4, 0.5) is 5.69 Å². The Bertz CT molecular complexity index is 1260. The minimum atomic E-state index is -0.201. The minimum absolute atomic E-state index is 0.143. The van der Waals surface area contributed by atoms with Crippen LogP contribution in [-0.4, -0.2) is 24.3 Å². The predicted molar refractivity (Wildman–Crippen MR) is 132 cm³/mol. The van der Waals surface area contributed by atoms with Crippen LogP contribution in [0.5, 0.6) is 5.75 Å². The number of fused-ring (bicyclic) bond motifs is 1. The molecule has 0 spiro atoms. The zero-order chi connectivity index (χ0) is 23.6. The van der Waals surface area contributed by atoms with Crippen LogP contribution < -0.4 is 15.4 Å². The number of anilines is 1. The molecule has 0 radical (unpaired) electrons. The Morgan fingerprint density at radius 2 is 1.82 bits per heavy atom. The molecule has 0 fully saturated rings. The van der Waals surface area contributed by atoms with E-state index < -0.39 is 0 Å². The van der Waals surface area contributed by atoms with Crippen molar-refractivity contribution in [1.29, 1.82) is 0 Å². The van der Waals surface area contributed by atoms with Gasteiger partial charge in [-0.15, -0.1) is 0 Å². The molecule has 168 valence electrons. The van der Waals surface area contributed by atoms with E-state index in [1.54, 1.807) is 43.5 Å². The number of aryl methyl sites for hydroxylation is 1. The van der Waals surface area contributed by atoms with E-state index in [9.17, 15) is 9.59 Å². The maximum absolute atomic E-state index is 13.2. The van der Waals surface area contributed by atoms with Crippen molar-refractivity contribution in [1.82, 2.24) is 5.32 Å². The summed E-state index contributed by atoms with van der Waals surface area (Å²) in [7, 11) is 1.63. The molecule has 33 heavy (non-hydrogen) atoms. The van der Waals surface area contributed by atoms with Crippen LogP contribution in [-0.2, 0) is 6.42 Å². The fraction of sp³-hybridized carbons (Fsp3) is 0.214. The molecule has 5 nitrogen and oxygen atoms in total. The molecule has 3 aromatic carbocycles. The van der Waals surface area contributed by atoms with Crippen LogP contribution in [0.2, 0.25) is 0 Å². The molecule has 4 rings (SSSR count). The third kappa shape index (κ3) is 4.98. The molecule has 3 aromatic rings. The van der Waals surface area contributed by atoms with Crippen molar-refractivity contribution in [2.75, 3.05) is 12.4 Å². The number of ketones is 1. The second-order valence-electron chi connectivity index (χ2n) is 8.98. The van der Waals surface area contributed by atoms with Gasteiger partial charge in [0.1, 0.15) is 5.75 Å². The predicted octanol–water partition coefficient (Wildman–Crippen LogP) is 5.40. The van der Waals surface area contributed by atoms with E-state index >= 15 is 0 Å². The number of carbonyl (C=O) groups is 2. The largest absolute Gasteiger partial charge is 0.497 e. The third-order valence-electron chi connectivity index (χ3n) is 5.78. The number of benzene rings is 3. The van der Waals surface area contributed by atoms with Crippen LogP contribution in [0.3, 0.4) is 0 Å². The minimum Gasteiger partial charge on any atom is -0.497 e. The van der Waals surface area contributed by atoms with E-state index in [1.807, 2.05) is 37.3 Å². The summed E-state index contributed by atoms with van der Waals surface area (Å²) in [4.78, 5) is 25.9. The van der Waals surface area contributed by atoms with E-state index in [-0.39, 0.29) is 17.2 Å². The average molecular weight is 441 g/mol. The molecule has 5 heteroatoms. The normalized spacial score (nSPS) is 15.3. The molecule has 1 heterocycles. The van der Waals surface area contributed by atoms with Gasteiger partial charge in [0.25, 0.3) is 5.91 Å². The molecule has 0 saturated carbocycles. The highest BCUT2D eigenvalue weighted by atomic mass is 16.5. The molecular formula is C28H28N2O3. The number of nitrogens with one attached hydrogen (secondary N) is 2. The van der Waals surface area contributed by atoms with Crippen molar-refractivity contribution in [3.05, 3.63) is 101 Å². The molecule has 1 amide bonds. The monoisotopic (exact) mass is 440 g/mol. The van der Waals surface area contributed by atoms with Crippen molar-refractivity contribution in [3.63, 3.8) is 0 Å². The second kappa shape index (κ2) is 8.94. The number of rotatable bonds is 5. The van der Waals surface area contributed by atoms with Gasteiger partial charge in [0.2, 0.25) is 0 Å². The number of hydrogen-bond acceptors (Lipinski definition) is 4. The maximum atomic E-state index is 13.2. The lowest BCUT2D eigenvalue weighted by Gasteiger charge is -2.35. The summed E-state index contributed by atoms with van der Waals surface area (Å²) in [6.07, 6.45) is 2.47. The second-order valence-corrected chi connectivity index (χ2v) is 8.98. The van der Waals surface area contributed by atoms with Gasteiger partial charge in [-0.2, -0.15) is 0 Å². The highest BCUT2D eigenvalue weighted by Gasteiger charge is 2.28. The Kier molecular flexibility index (Phi) is 6.05. The summed E-state index contributed by atoms with van der Waals surface area (Å²) >= 11 is 0. The van der Waals surface area contributed by atoms with Gasteiger partial charge in [-0.3, -0.25) is 9.59 Å². The highest BCUT2D eigenvalue weighted by molar-refractivity contribution is 6.10. The van der Waals surface area contributed by atoms with Crippen LogP contribution >= 0.6 is 0 Å². The van der Waals surface area contributed by atoms with E-state index in [4.69, 9.17) is 4.74 Å². The van der Waals surface area contributed by atoms with Gasteiger partial charge in [-0.05, 0) is 68.7 Å². The van der Waals surface area contributed by atoms with E-state index in [1.165, 1.54) is 0 Å². The number of amides is 1. The molecule has 1 aliphatic rings. The van der Waals surface area contributed by atoms with Gasteiger partial charge >= 0.3 is 0 Å². The molecule has 0 atom stereocenters. The van der Waals surface area contributed by atoms with Gasteiger partial charge in [-0.25, -0.2) is 0 Å². The van der Waals surface area contributed by atoms with Crippen molar-refractivity contribution in [2.24, 2.45) is 0 Å². The molecule has 0 saturated heterocycles. The Morgan fingerprint density at radius 1 is 1.03 bits per heavy atom. The quantitative estimate of drug-likeness (QED) is 0.412. The summed E-state index contributed by atoms with van der Waals surface area (Å²) in [6.45, 7) is 6.12. The zero-order valence-corrected chi connectivity index (χ0v) is 19.4.